The number of unbranched alkanes of at least 4 members (excludes halogenated alkanes) is 27. The van der Waals surface area contributed by atoms with Crippen LogP contribution in [0.5, 0.6) is 0 Å². The highest BCUT2D eigenvalue weighted by Crippen LogP contribution is 2.17. The fourth-order valence-corrected chi connectivity index (χ4v) is 8.74. The Hall–Kier alpha value is -3.79. The topological polar surface area (TPSA) is 108 Å². The third kappa shape index (κ3) is 59.9. The van der Waals surface area contributed by atoms with Crippen LogP contribution in [0.3, 0.4) is 0 Å². The quantitative estimate of drug-likeness (QED) is 0.0211. The van der Waals surface area contributed by atoms with Crippen LogP contribution in [-0.2, 0) is 33.3 Å². The van der Waals surface area contributed by atoms with Gasteiger partial charge in [0.05, 0.1) is 34.4 Å². The van der Waals surface area contributed by atoms with Crippen LogP contribution >= 0.6 is 0 Å². The van der Waals surface area contributed by atoms with E-state index >= 15 is 0 Å². The first-order valence-electron chi connectivity index (χ1n) is 31.9. The maximum Gasteiger partial charge on any atom is 0.361 e. The van der Waals surface area contributed by atoms with Crippen LogP contribution in [0.15, 0.2) is 97.2 Å². The van der Waals surface area contributed by atoms with E-state index in [0.29, 0.717) is 23.9 Å². The van der Waals surface area contributed by atoms with E-state index in [1.807, 2.05) is 21.1 Å². The van der Waals surface area contributed by atoms with Gasteiger partial charge in [-0.15, -0.1) is 0 Å². The Balaban J connectivity index is 4.13. The normalized spacial score (nSPS) is 13.4. The summed E-state index contributed by atoms with van der Waals surface area (Å²) in [7, 11) is 5.97. The van der Waals surface area contributed by atoms with Crippen molar-refractivity contribution in [1.82, 2.24) is 0 Å². The van der Waals surface area contributed by atoms with Crippen molar-refractivity contribution in [2.24, 2.45) is 0 Å². The van der Waals surface area contributed by atoms with Gasteiger partial charge in [-0.05, 0) is 77.0 Å². The number of carboxylic acid groups (broad SMARTS) is 1. The molecule has 1 N–H and O–H groups in total. The van der Waals surface area contributed by atoms with Crippen LogP contribution in [0.25, 0.3) is 0 Å². The van der Waals surface area contributed by atoms with Gasteiger partial charge in [0.1, 0.15) is 13.2 Å². The lowest BCUT2D eigenvalue weighted by Gasteiger charge is -2.25. The molecule has 0 saturated carbocycles. The third-order valence-corrected chi connectivity index (χ3v) is 13.6. The van der Waals surface area contributed by atoms with E-state index in [4.69, 9.17) is 18.9 Å². The number of rotatable bonds is 58. The van der Waals surface area contributed by atoms with E-state index in [9.17, 15) is 19.5 Å². The summed E-state index contributed by atoms with van der Waals surface area (Å²) >= 11 is 0. The van der Waals surface area contributed by atoms with Crippen molar-refractivity contribution in [3.63, 3.8) is 0 Å². The second-order valence-corrected chi connectivity index (χ2v) is 22.3. The number of quaternary nitrogens is 1. The molecule has 0 amide bonds. The van der Waals surface area contributed by atoms with Gasteiger partial charge in [0.25, 0.3) is 6.29 Å². The molecule has 0 heterocycles. The lowest BCUT2D eigenvalue weighted by molar-refractivity contribution is -0.870. The van der Waals surface area contributed by atoms with Gasteiger partial charge in [0.15, 0.2) is 6.10 Å². The van der Waals surface area contributed by atoms with Gasteiger partial charge >= 0.3 is 17.9 Å². The smallest absolute Gasteiger partial charge is 0.361 e. The van der Waals surface area contributed by atoms with Crippen molar-refractivity contribution in [1.29, 1.82) is 0 Å². The predicted molar refractivity (Wildman–Crippen MR) is 332 cm³/mol. The van der Waals surface area contributed by atoms with Gasteiger partial charge < -0.3 is 28.5 Å². The number of esters is 2. The highest BCUT2D eigenvalue weighted by atomic mass is 16.7. The summed E-state index contributed by atoms with van der Waals surface area (Å²) in [5.74, 6) is -2.00. The number of carbonyl (C=O) groups excluding carboxylic acids is 2. The molecule has 0 fully saturated rings. The lowest BCUT2D eigenvalue weighted by atomic mass is 10.0. The number of hydrogen-bond donors (Lipinski definition) is 1. The van der Waals surface area contributed by atoms with Crippen LogP contribution in [0.4, 0.5) is 0 Å². The highest BCUT2D eigenvalue weighted by Gasteiger charge is 2.25. The molecule has 78 heavy (non-hydrogen) atoms. The number of aliphatic carboxylic acids is 1. The largest absolute Gasteiger partial charge is 0.477 e. The first-order valence-corrected chi connectivity index (χ1v) is 31.9. The molecule has 448 valence electrons. The van der Waals surface area contributed by atoms with Crippen LogP contribution in [0.1, 0.15) is 264 Å². The molecule has 0 rings (SSSR count). The molecule has 0 aliphatic rings. The molecule has 0 saturated heterocycles. The van der Waals surface area contributed by atoms with E-state index in [1.54, 1.807) is 0 Å². The zero-order valence-electron chi connectivity index (χ0n) is 51.1. The monoisotopic (exact) mass is 1090 g/mol. The predicted octanol–water partition coefficient (Wildman–Crippen LogP) is 19.3. The lowest BCUT2D eigenvalue weighted by Crippen LogP contribution is -2.40. The summed E-state index contributed by atoms with van der Waals surface area (Å²) in [6, 6.07) is 0. The number of likely N-dealkylation sites (N-methyl/N-ethyl adjacent to an activating group) is 1. The summed E-state index contributed by atoms with van der Waals surface area (Å²) in [5, 5.41) is 9.71. The van der Waals surface area contributed by atoms with E-state index < -0.39 is 24.3 Å². The SMILES string of the molecule is CC/C=C\C/C=C\C/C=C\C/C=C\C/C=C\C/C=C\C/C=C\C/C=C\CCCCCCCCCCCCCCC(=O)OC(COC(=O)CCCCCCCCCCCCCCCCCC)COC(OCC[N+](C)(C)C)C(=O)O. The molecule has 2 atom stereocenters. The van der Waals surface area contributed by atoms with Crippen molar-refractivity contribution >= 4 is 17.9 Å². The third-order valence-electron chi connectivity index (χ3n) is 13.6. The van der Waals surface area contributed by atoms with Gasteiger partial charge in [0.2, 0.25) is 0 Å². The molecular formula is C69H120NO8+. The Morgan fingerprint density at radius 2 is 0.731 bits per heavy atom. The van der Waals surface area contributed by atoms with E-state index in [1.165, 1.54) is 141 Å². The van der Waals surface area contributed by atoms with Crippen molar-refractivity contribution in [2.75, 3.05) is 47.5 Å². The van der Waals surface area contributed by atoms with Crippen LogP contribution < -0.4 is 0 Å². The maximum atomic E-state index is 12.9. The fraction of sp³-hybridized carbons (Fsp3) is 0.725. The Bertz CT molecular complexity index is 1600. The molecule has 0 aromatic rings. The maximum absolute atomic E-state index is 12.9. The molecule has 0 radical (unpaired) electrons. The summed E-state index contributed by atoms with van der Waals surface area (Å²) in [6.45, 7) is 4.78. The zero-order chi connectivity index (χ0) is 56.9. The molecule has 0 spiro atoms. The van der Waals surface area contributed by atoms with E-state index in [2.05, 4.69) is 111 Å². The Morgan fingerprint density at radius 1 is 0.397 bits per heavy atom. The van der Waals surface area contributed by atoms with Gasteiger partial charge in [-0.2, -0.15) is 0 Å². The number of carboxylic acids is 1. The minimum Gasteiger partial charge on any atom is -0.477 e. The first kappa shape index (κ1) is 74.2. The summed E-state index contributed by atoms with van der Waals surface area (Å²) < 4.78 is 22.9. The molecule has 0 aliphatic heterocycles. The second kappa shape index (κ2) is 59.3. The molecule has 9 heteroatoms. The zero-order valence-corrected chi connectivity index (χ0v) is 51.1. The average Bonchev–Trinajstić information content (AvgIpc) is 3.41. The molecular weight excluding hydrogens is 971 g/mol. The Morgan fingerprint density at radius 3 is 1.09 bits per heavy atom. The van der Waals surface area contributed by atoms with Gasteiger partial charge in [-0.25, -0.2) is 4.79 Å². The number of allylic oxidation sites excluding steroid dienone is 16. The molecule has 0 aromatic carbocycles. The van der Waals surface area contributed by atoms with E-state index in [0.717, 1.165) is 89.9 Å². The number of nitrogens with zero attached hydrogens (tertiary/aromatic N) is 1. The molecule has 0 bridgehead atoms. The Labute approximate surface area is 480 Å². The average molecular weight is 1090 g/mol. The van der Waals surface area contributed by atoms with Crippen LogP contribution in [0, 0.1) is 0 Å². The molecule has 2 unspecified atom stereocenters. The van der Waals surface area contributed by atoms with Crippen LogP contribution in [0.2, 0.25) is 0 Å². The molecule has 0 aliphatic carbocycles. The van der Waals surface area contributed by atoms with Crippen molar-refractivity contribution in [3.8, 4) is 0 Å². The highest BCUT2D eigenvalue weighted by molar-refractivity contribution is 5.71. The minimum atomic E-state index is -1.51. The molecule has 0 aromatic heterocycles. The van der Waals surface area contributed by atoms with Crippen molar-refractivity contribution < 1.29 is 42.9 Å². The van der Waals surface area contributed by atoms with Crippen LogP contribution in [-0.4, -0.2) is 87.4 Å². The van der Waals surface area contributed by atoms with Gasteiger partial charge in [0, 0.05) is 12.8 Å². The summed E-state index contributed by atoms with van der Waals surface area (Å²) in [6.07, 6.45) is 77.8. The summed E-state index contributed by atoms with van der Waals surface area (Å²) in [4.78, 5) is 37.5. The molecule has 9 nitrogen and oxygen atoms in total. The number of hydrogen-bond acceptors (Lipinski definition) is 7. The van der Waals surface area contributed by atoms with Gasteiger partial charge in [-0.3, -0.25) is 9.59 Å². The van der Waals surface area contributed by atoms with E-state index in [-0.39, 0.29) is 32.2 Å². The standard InChI is InChI=1S/C69H119NO8/c1-6-8-10-12-14-16-18-20-22-24-25-26-27-28-29-30-31-32-33-34-35-36-37-38-39-40-41-42-43-44-46-48-50-52-54-56-58-60-67(72)78-65(64-77-69(68(73)74)75-62-61-70(3,4)5)63-76-66(71)59-57-55-53-51-49-47-45-23-21-19-17-15-13-11-9-7-2/h8,10,14,16,20,22,25-26,28-29,31-32,34-35,37-38,65,69H,6-7,9,11-13,15,17-19,21,23-24,27,30,33,36,39-64H2,1-5H3/p+1/b10-8-,16-14-,22-20-,26-25-,29-28-,32-31-,35-34-,38-37-. The first-order chi connectivity index (χ1) is 38.1. The number of carbonyl (C=O) groups is 3. The second-order valence-electron chi connectivity index (χ2n) is 22.3. The minimum absolute atomic E-state index is 0.183. The fourth-order valence-electron chi connectivity index (χ4n) is 8.74. The number of ether oxygens (including phenoxy) is 4. The Kier molecular flexibility index (Phi) is 56.5. The van der Waals surface area contributed by atoms with Crippen molar-refractivity contribution in [2.45, 2.75) is 277 Å². The summed E-state index contributed by atoms with van der Waals surface area (Å²) in [5.41, 5.74) is 0. The van der Waals surface area contributed by atoms with Crippen molar-refractivity contribution in [3.05, 3.63) is 97.2 Å². The van der Waals surface area contributed by atoms with Gasteiger partial charge in [-0.1, -0.05) is 272 Å².